The lowest BCUT2D eigenvalue weighted by Crippen LogP contribution is -2.37. The third-order valence-corrected chi connectivity index (χ3v) is 3.87. The van der Waals surface area contributed by atoms with Crippen molar-refractivity contribution in [3.8, 4) is 5.75 Å². The zero-order valence-corrected chi connectivity index (χ0v) is 13.5. The summed E-state index contributed by atoms with van der Waals surface area (Å²) in [5.41, 5.74) is 1.20. The Bertz CT molecular complexity index is 455. The van der Waals surface area contributed by atoms with Gasteiger partial charge < -0.3 is 19.7 Å². The number of hydrogen-bond donors (Lipinski definition) is 1. The molecule has 1 aliphatic heterocycles. The van der Waals surface area contributed by atoms with Crippen LogP contribution in [0.3, 0.4) is 0 Å². The average Bonchev–Trinajstić information content (AvgIpc) is 2.55. The Kier molecular flexibility index (Phi) is 6.68. The summed E-state index contributed by atoms with van der Waals surface area (Å²) in [4.78, 5) is 13.7. The number of carbonyl (C=O) groups is 1. The third-order valence-electron chi connectivity index (χ3n) is 3.87. The molecule has 0 saturated carbocycles. The van der Waals surface area contributed by atoms with Crippen molar-refractivity contribution in [1.82, 2.24) is 10.2 Å². The van der Waals surface area contributed by atoms with E-state index in [1.54, 1.807) is 11.9 Å². The van der Waals surface area contributed by atoms with Gasteiger partial charge in [-0.25, -0.2) is 0 Å². The van der Waals surface area contributed by atoms with Gasteiger partial charge in [0.15, 0.2) is 0 Å². The molecule has 1 saturated heterocycles. The molecule has 5 heteroatoms. The number of aryl methyl sites for hydroxylation is 1. The van der Waals surface area contributed by atoms with Crippen LogP contribution in [0.5, 0.6) is 5.75 Å². The molecule has 1 amide bonds. The Hall–Kier alpha value is -1.59. The maximum Gasteiger partial charge on any atom is 0.248 e. The van der Waals surface area contributed by atoms with Crippen molar-refractivity contribution < 1.29 is 14.3 Å². The quantitative estimate of drug-likeness (QED) is 0.831. The minimum absolute atomic E-state index is 0.00559. The largest absolute Gasteiger partial charge is 0.492 e. The molecule has 1 heterocycles. The van der Waals surface area contributed by atoms with Crippen molar-refractivity contribution in [2.75, 3.05) is 39.9 Å². The van der Waals surface area contributed by atoms with E-state index in [1.807, 2.05) is 31.2 Å². The van der Waals surface area contributed by atoms with Crippen LogP contribution in [0.4, 0.5) is 0 Å². The van der Waals surface area contributed by atoms with Crippen molar-refractivity contribution in [3.05, 3.63) is 29.8 Å². The van der Waals surface area contributed by atoms with Gasteiger partial charge in [0.25, 0.3) is 0 Å². The summed E-state index contributed by atoms with van der Waals surface area (Å²) in [6.45, 7) is 5.18. The molecule has 122 valence electrons. The average molecular weight is 306 g/mol. The molecule has 0 bridgehead atoms. The summed E-state index contributed by atoms with van der Waals surface area (Å²) in [5, 5.41) is 3.28. The van der Waals surface area contributed by atoms with E-state index in [2.05, 4.69) is 5.32 Å². The number of benzene rings is 1. The predicted molar refractivity (Wildman–Crippen MR) is 86.2 cm³/mol. The second-order valence-corrected chi connectivity index (χ2v) is 5.74. The summed E-state index contributed by atoms with van der Waals surface area (Å²) in [6, 6.07) is 7.91. The first kappa shape index (κ1) is 16.8. The van der Waals surface area contributed by atoms with Crippen molar-refractivity contribution in [3.63, 3.8) is 0 Å². The molecule has 1 aliphatic rings. The van der Waals surface area contributed by atoms with E-state index in [1.165, 1.54) is 5.56 Å². The third kappa shape index (κ3) is 5.66. The molecule has 0 atom stereocenters. The van der Waals surface area contributed by atoms with E-state index in [0.717, 1.165) is 31.7 Å². The van der Waals surface area contributed by atoms with Crippen LogP contribution < -0.4 is 10.1 Å². The summed E-state index contributed by atoms with van der Waals surface area (Å²) in [5.74, 6) is 0.837. The first-order chi connectivity index (χ1) is 10.6. The summed E-state index contributed by atoms with van der Waals surface area (Å²) in [7, 11) is 1.78. The summed E-state index contributed by atoms with van der Waals surface area (Å²) >= 11 is 0. The molecule has 1 fully saturated rings. The van der Waals surface area contributed by atoms with Gasteiger partial charge in [0.2, 0.25) is 5.91 Å². The Morgan fingerprint density at radius 3 is 2.64 bits per heavy atom. The normalized spacial score (nSPS) is 15.5. The van der Waals surface area contributed by atoms with Gasteiger partial charge in [-0.2, -0.15) is 0 Å². The van der Waals surface area contributed by atoms with Crippen LogP contribution in [-0.2, 0) is 9.53 Å². The van der Waals surface area contributed by atoms with Crippen molar-refractivity contribution >= 4 is 5.91 Å². The van der Waals surface area contributed by atoms with Gasteiger partial charge in [-0.3, -0.25) is 4.79 Å². The first-order valence-electron chi connectivity index (χ1n) is 7.91. The monoisotopic (exact) mass is 306 g/mol. The molecule has 0 aliphatic carbocycles. The zero-order valence-electron chi connectivity index (χ0n) is 13.5. The smallest absolute Gasteiger partial charge is 0.248 e. The SMILES string of the molecule is Cc1ccc(OCCN(C)C(=O)COC2CCNCC2)cc1. The van der Waals surface area contributed by atoms with Crippen LogP contribution in [0.25, 0.3) is 0 Å². The highest BCUT2D eigenvalue weighted by atomic mass is 16.5. The fourth-order valence-electron chi connectivity index (χ4n) is 2.32. The van der Waals surface area contributed by atoms with Gasteiger partial charge in [0, 0.05) is 7.05 Å². The highest BCUT2D eigenvalue weighted by Crippen LogP contribution is 2.11. The van der Waals surface area contributed by atoms with Gasteiger partial charge >= 0.3 is 0 Å². The van der Waals surface area contributed by atoms with Crippen molar-refractivity contribution in [2.45, 2.75) is 25.9 Å². The number of carbonyl (C=O) groups excluding carboxylic acids is 1. The molecule has 5 nitrogen and oxygen atoms in total. The maximum absolute atomic E-state index is 12.0. The summed E-state index contributed by atoms with van der Waals surface area (Å²) < 4.78 is 11.3. The van der Waals surface area contributed by atoms with E-state index in [9.17, 15) is 4.79 Å². The zero-order chi connectivity index (χ0) is 15.8. The maximum atomic E-state index is 12.0. The Morgan fingerprint density at radius 1 is 1.27 bits per heavy atom. The van der Waals surface area contributed by atoms with Crippen LogP contribution in [0.1, 0.15) is 18.4 Å². The first-order valence-corrected chi connectivity index (χ1v) is 7.91. The van der Waals surface area contributed by atoms with Crippen LogP contribution in [0.2, 0.25) is 0 Å². The standard InChI is InChI=1S/C17H26N2O3/c1-14-3-5-15(6-4-14)21-12-11-19(2)17(20)13-22-16-7-9-18-10-8-16/h3-6,16,18H,7-13H2,1-2H3. The molecule has 0 spiro atoms. The van der Waals surface area contributed by atoms with Crippen molar-refractivity contribution in [1.29, 1.82) is 0 Å². The fraction of sp³-hybridized carbons (Fsp3) is 0.588. The number of likely N-dealkylation sites (N-methyl/N-ethyl adjacent to an activating group) is 1. The van der Waals surface area contributed by atoms with Crippen LogP contribution in [0, 0.1) is 6.92 Å². The molecule has 0 unspecified atom stereocenters. The van der Waals surface area contributed by atoms with Gasteiger partial charge in [-0.15, -0.1) is 0 Å². The van der Waals surface area contributed by atoms with E-state index in [4.69, 9.17) is 9.47 Å². The molecule has 0 radical (unpaired) electrons. The highest BCUT2D eigenvalue weighted by Gasteiger charge is 2.16. The molecular weight excluding hydrogens is 280 g/mol. The second-order valence-electron chi connectivity index (χ2n) is 5.74. The van der Waals surface area contributed by atoms with E-state index >= 15 is 0 Å². The van der Waals surface area contributed by atoms with E-state index in [0.29, 0.717) is 13.2 Å². The van der Waals surface area contributed by atoms with Crippen molar-refractivity contribution in [2.24, 2.45) is 0 Å². The molecule has 1 N–H and O–H groups in total. The lowest BCUT2D eigenvalue weighted by atomic mass is 10.1. The number of rotatable bonds is 7. The highest BCUT2D eigenvalue weighted by molar-refractivity contribution is 5.77. The van der Waals surface area contributed by atoms with Gasteiger partial charge in [0.1, 0.15) is 19.0 Å². The van der Waals surface area contributed by atoms with Gasteiger partial charge in [-0.1, -0.05) is 17.7 Å². The van der Waals surface area contributed by atoms with E-state index < -0.39 is 0 Å². The number of nitrogens with one attached hydrogen (secondary N) is 1. The molecule has 1 aromatic carbocycles. The number of ether oxygens (including phenoxy) is 2. The second kappa shape index (κ2) is 8.76. The molecular formula is C17H26N2O3. The van der Waals surface area contributed by atoms with Gasteiger partial charge in [0.05, 0.1) is 12.6 Å². The van der Waals surface area contributed by atoms with Crippen LogP contribution >= 0.6 is 0 Å². The van der Waals surface area contributed by atoms with Gasteiger partial charge in [-0.05, 0) is 45.0 Å². The Balaban J connectivity index is 1.62. The minimum Gasteiger partial charge on any atom is -0.492 e. The molecule has 0 aromatic heterocycles. The number of hydrogen-bond acceptors (Lipinski definition) is 4. The topological polar surface area (TPSA) is 50.8 Å². The van der Waals surface area contributed by atoms with E-state index in [-0.39, 0.29) is 18.6 Å². The lowest BCUT2D eigenvalue weighted by molar-refractivity contribution is -0.137. The fourth-order valence-corrected chi connectivity index (χ4v) is 2.32. The minimum atomic E-state index is 0.00559. The summed E-state index contributed by atoms with van der Waals surface area (Å²) in [6.07, 6.45) is 2.17. The number of piperidine rings is 1. The molecule has 22 heavy (non-hydrogen) atoms. The van der Waals surface area contributed by atoms with Crippen LogP contribution in [-0.4, -0.2) is 56.8 Å². The number of amides is 1. The Labute approximate surface area is 132 Å². The molecule has 2 rings (SSSR count). The predicted octanol–water partition coefficient (Wildman–Crippen LogP) is 1.60. The Morgan fingerprint density at radius 2 is 1.95 bits per heavy atom. The number of nitrogens with zero attached hydrogens (tertiary/aromatic N) is 1. The molecule has 1 aromatic rings. The van der Waals surface area contributed by atoms with Crippen LogP contribution in [0.15, 0.2) is 24.3 Å². The lowest BCUT2D eigenvalue weighted by Gasteiger charge is -2.24.